The monoisotopic (exact) mass is 334 g/mol. The minimum atomic E-state index is -4.49. The highest BCUT2D eigenvalue weighted by Gasteiger charge is 2.30. The molecule has 0 fully saturated rings. The second kappa shape index (κ2) is 6.35. The third kappa shape index (κ3) is 3.56. The van der Waals surface area contributed by atoms with E-state index < -0.39 is 17.6 Å². The van der Waals surface area contributed by atoms with Gasteiger partial charge in [-0.2, -0.15) is 13.2 Å². The van der Waals surface area contributed by atoms with Gasteiger partial charge in [0.2, 0.25) is 5.90 Å². The van der Waals surface area contributed by atoms with E-state index in [2.05, 4.69) is 10.3 Å². The molecule has 4 nitrogen and oxygen atoms in total. The van der Waals surface area contributed by atoms with Gasteiger partial charge in [0.05, 0.1) is 12.1 Å². The summed E-state index contributed by atoms with van der Waals surface area (Å²) in [5.41, 5.74) is 0.337. The maximum Gasteiger partial charge on any atom is 0.416 e. The number of hydrogen-bond donors (Lipinski definition) is 1. The lowest BCUT2D eigenvalue weighted by molar-refractivity contribution is -0.137. The second-order valence-corrected chi connectivity index (χ2v) is 5.15. The van der Waals surface area contributed by atoms with E-state index in [4.69, 9.17) is 4.74 Å². The molecule has 0 unspecified atom stereocenters. The number of amides is 1. The Morgan fingerprint density at radius 2 is 1.88 bits per heavy atom. The molecule has 0 saturated carbocycles. The number of nitrogens with zero attached hydrogens (tertiary/aromatic N) is 1. The third-order valence-electron chi connectivity index (χ3n) is 3.43. The number of halogens is 3. The number of alkyl halides is 3. The maximum absolute atomic E-state index is 12.7. The fraction of sp³-hybridized carbons (Fsp3) is 0.176. The summed E-state index contributed by atoms with van der Waals surface area (Å²) >= 11 is 0. The highest BCUT2D eigenvalue weighted by Crippen LogP contribution is 2.29. The third-order valence-corrected chi connectivity index (χ3v) is 3.43. The van der Waals surface area contributed by atoms with Crippen molar-refractivity contribution in [3.63, 3.8) is 0 Å². The molecule has 0 bridgehead atoms. The molecule has 0 atom stereocenters. The van der Waals surface area contributed by atoms with E-state index >= 15 is 0 Å². The molecule has 7 heteroatoms. The van der Waals surface area contributed by atoms with Crippen LogP contribution >= 0.6 is 0 Å². The molecular weight excluding hydrogens is 321 g/mol. The van der Waals surface area contributed by atoms with Crippen molar-refractivity contribution in [3.05, 3.63) is 65.2 Å². The number of ether oxygens (including phenoxy) is 1. The topological polar surface area (TPSA) is 50.7 Å². The zero-order chi connectivity index (χ0) is 17.2. The van der Waals surface area contributed by atoms with E-state index in [0.29, 0.717) is 24.7 Å². The zero-order valence-electron chi connectivity index (χ0n) is 12.4. The second-order valence-electron chi connectivity index (χ2n) is 5.15. The van der Waals surface area contributed by atoms with Gasteiger partial charge in [-0.3, -0.25) is 4.79 Å². The first-order valence-corrected chi connectivity index (χ1v) is 7.20. The Kier molecular flexibility index (Phi) is 4.24. The van der Waals surface area contributed by atoms with E-state index in [1.807, 2.05) is 0 Å². The van der Waals surface area contributed by atoms with E-state index in [0.717, 1.165) is 17.7 Å². The van der Waals surface area contributed by atoms with Gasteiger partial charge in [0.25, 0.3) is 5.91 Å². The molecule has 0 aromatic heterocycles. The van der Waals surface area contributed by atoms with Crippen molar-refractivity contribution >= 4 is 17.5 Å². The van der Waals surface area contributed by atoms with Crippen LogP contribution in [0.5, 0.6) is 0 Å². The van der Waals surface area contributed by atoms with Crippen molar-refractivity contribution in [2.24, 2.45) is 4.99 Å². The van der Waals surface area contributed by atoms with Crippen molar-refractivity contribution in [2.75, 3.05) is 18.5 Å². The molecule has 2 aromatic rings. The summed E-state index contributed by atoms with van der Waals surface area (Å²) in [5.74, 6) is -0.0611. The molecule has 3 rings (SSSR count). The van der Waals surface area contributed by atoms with Crippen LogP contribution in [-0.2, 0) is 10.9 Å². The van der Waals surface area contributed by atoms with E-state index in [1.165, 1.54) is 12.1 Å². The van der Waals surface area contributed by atoms with Crippen molar-refractivity contribution in [2.45, 2.75) is 6.18 Å². The molecule has 2 aromatic carbocycles. The summed E-state index contributed by atoms with van der Waals surface area (Å²) in [6.07, 6.45) is -4.49. The summed E-state index contributed by atoms with van der Waals surface area (Å²) in [5, 5.41) is 2.57. The van der Waals surface area contributed by atoms with E-state index in [9.17, 15) is 18.0 Å². The van der Waals surface area contributed by atoms with Crippen molar-refractivity contribution < 1.29 is 22.7 Å². The molecule has 24 heavy (non-hydrogen) atoms. The Morgan fingerprint density at radius 1 is 1.12 bits per heavy atom. The van der Waals surface area contributed by atoms with Crippen LogP contribution in [0.3, 0.4) is 0 Å². The highest BCUT2D eigenvalue weighted by molar-refractivity contribution is 6.04. The number of aliphatic imine (C=N–C) groups is 1. The first-order chi connectivity index (χ1) is 11.4. The molecule has 0 aliphatic carbocycles. The maximum atomic E-state index is 12.7. The summed E-state index contributed by atoms with van der Waals surface area (Å²) < 4.78 is 43.4. The molecule has 1 amide bonds. The molecule has 1 N–H and O–H groups in total. The molecule has 1 aliphatic rings. The Hall–Kier alpha value is -2.83. The molecule has 1 heterocycles. The fourth-order valence-corrected chi connectivity index (χ4v) is 2.25. The van der Waals surface area contributed by atoms with Gasteiger partial charge in [0.1, 0.15) is 6.61 Å². The lowest BCUT2D eigenvalue weighted by Gasteiger charge is -2.10. The summed E-state index contributed by atoms with van der Waals surface area (Å²) in [6, 6.07) is 11.0. The van der Waals surface area contributed by atoms with Crippen LogP contribution in [0.2, 0.25) is 0 Å². The Labute approximate surface area is 136 Å². The van der Waals surface area contributed by atoms with Gasteiger partial charge in [-0.05, 0) is 42.5 Å². The molecule has 0 spiro atoms. The first kappa shape index (κ1) is 16.0. The SMILES string of the molecule is O=C(Nc1ccc(C2=NCCO2)cc1)c1cccc(C(F)(F)F)c1. The highest BCUT2D eigenvalue weighted by atomic mass is 19.4. The number of benzene rings is 2. The molecule has 0 saturated heterocycles. The van der Waals surface area contributed by atoms with E-state index in [-0.39, 0.29) is 5.56 Å². The van der Waals surface area contributed by atoms with Gasteiger partial charge in [-0.1, -0.05) is 6.07 Å². The van der Waals surface area contributed by atoms with Crippen LogP contribution in [-0.4, -0.2) is 25.0 Å². The van der Waals surface area contributed by atoms with E-state index in [1.54, 1.807) is 24.3 Å². The van der Waals surface area contributed by atoms with Gasteiger partial charge in [0.15, 0.2) is 0 Å². The van der Waals surface area contributed by atoms with Gasteiger partial charge in [-0.25, -0.2) is 4.99 Å². The normalized spacial score (nSPS) is 14.0. The number of nitrogens with one attached hydrogen (secondary N) is 1. The smallest absolute Gasteiger partial charge is 0.416 e. The van der Waals surface area contributed by atoms with Crippen molar-refractivity contribution in [3.8, 4) is 0 Å². The summed E-state index contributed by atoms with van der Waals surface area (Å²) in [7, 11) is 0. The predicted octanol–water partition coefficient (Wildman–Crippen LogP) is 3.73. The molecular formula is C17H13F3N2O2. The van der Waals surface area contributed by atoms with Gasteiger partial charge < -0.3 is 10.1 Å². The minimum absolute atomic E-state index is 0.0580. The zero-order valence-corrected chi connectivity index (χ0v) is 12.4. The van der Waals surface area contributed by atoms with Crippen molar-refractivity contribution in [1.29, 1.82) is 0 Å². The Balaban J connectivity index is 1.73. The average Bonchev–Trinajstić information content (AvgIpc) is 3.09. The standard InChI is InChI=1S/C17H13F3N2O2/c18-17(19,20)13-3-1-2-12(10-13)15(23)22-14-6-4-11(5-7-14)16-21-8-9-24-16/h1-7,10H,8-9H2,(H,22,23). The fourth-order valence-electron chi connectivity index (χ4n) is 2.25. The Bertz CT molecular complexity index is 783. The van der Waals surface area contributed by atoms with Crippen molar-refractivity contribution in [1.82, 2.24) is 0 Å². The average molecular weight is 334 g/mol. The first-order valence-electron chi connectivity index (χ1n) is 7.20. The minimum Gasteiger partial charge on any atom is -0.476 e. The van der Waals surface area contributed by atoms with Crippen LogP contribution in [0.15, 0.2) is 53.5 Å². The molecule has 1 aliphatic heterocycles. The van der Waals surface area contributed by atoms with Gasteiger partial charge in [-0.15, -0.1) is 0 Å². The van der Waals surface area contributed by atoms with Crippen LogP contribution in [0.4, 0.5) is 18.9 Å². The Morgan fingerprint density at radius 3 is 2.50 bits per heavy atom. The van der Waals surface area contributed by atoms with Gasteiger partial charge in [0, 0.05) is 16.8 Å². The lowest BCUT2D eigenvalue weighted by Crippen LogP contribution is -2.14. The number of hydrogen-bond acceptors (Lipinski definition) is 3. The largest absolute Gasteiger partial charge is 0.476 e. The summed E-state index contributed by atoms with van der Waals surface area (Å²) in [4.78, 5) is 16.3. The number of anilines is 1. The number of rotatable bonds is 3. The van der Waals surface area contributed by atoms with Crippen LogP contribution in [0.25, 0.3) is 0 Å². The molecule has 124 valence electrons. The number of carbonyl (C=O) groups excluding carboxylic acids is 1. The van der Waals surface area contributed by atoms with Crippen LogP contribution < -0.4 is 5.32 Å². The summed E-state index contributed by atoms with van der Waals surface area (Å²) in [6.45, 7) is 1.16. The predicted molar refractivity (Wildman–Crippen MR) is 83.2 cm³/mol. The quantitative estimate of drug-likeness (QED) is 0.930. The van der Waals surface area contributed by atoms with Crippen LogP contribution in [0, 0.1) is 0 Å². The van der Waals surface area contributed by atoms with Gasteiger partial charge >= 0.3 is 6.18 Å². The number of carbonyl (C=O) groups is 1. The molecule has 0 radical (unpaired) electrons. The van der Waals surface area contributed by atoms with Crippen LogP contribution in [0.1, 0.15) is 21.5 Å². The lowest BCUT2D eigenvalue weighted by atomic mass is 10.1.